The van der Waals surface area contributed by atoms with E-state index in [1.54, 1.807) is 12.1 Å². The number of amides is 1. The third kappa shape index (κ3) is 4.75. The summed E-state index contributed by atoms with van der Waals surface area (Å²) in [7, 11) is 0. The topological polar surface area (TPSA) is 90.7 Å². The van der Waals surface area contributed by atoms with E-state index in [0.29, 0.717) is 5.56 Å². The van der Waals surface area contributed by atoms with Crippen LogP contribution in [-0.2, 0) is 14.3 Å². The van der Waals surface area contributed by atoms with E-state index in [1.807, 2.05) is 30.3 Å². The van der Waals surface area contributed by atoms with Crippen LogP contribution in [0.5, 0.6) is 0 Å². The monoisotopic (exact) mass is 410 g/mol. The number of halogens is 2. The highest BCUT2D eigenvalue weighted by Gasteiger charge is 2.35. The van der Waals surface area contributed by atoms with Crippen molar-refractivity contribution in [3.63, 3.8) is 0 Å². The van der Waals surface area contributed by atoms with Crippen molar-refractivity contribution in [1.29, 1.82) is 0 Å². The molecule has 9 heteroatoms. The number of nitro groups is 1. The summed E-state index contributed by atoms with van der Waals surface area (Å²) in [5, 5.41) is 13.6. The first-order valence-corrected chi connectivity index (χ1v) is 8.98. The molecular formula is C18H16Cl2N2O5. The minimum atomic E-state index is -1.23. The first kappa shape index (κ1) is 19.6. The molecule has 1 N–H and O–H groups in total. The van der Waals surface area contributed by atoms with Crippen LogP contribution in [0.2, 0.25) is 0 Å². The van der Waals surface area contributed by atoms with Crippen molar-refractivity contribution in [3.8, 4) is 0 Å². The number of hydrogen-bond acceptors (Lipinski definition) is 5. The van der Waals surface area contributed by atoms with Crippen LogP contribution in [0.15, 0.2) is 54.6 Å². The molecule has 3 rings (SSSR count). The van der Waals surface area contributed by atoms with E-state index in [0.717, 1.165) is 5.56 Å². The summed E-state index contributed by atoms with van der Waals surface area (Å²) < 4.78 is 11.8. The number of ether oxygens (including phenoxy) is 2. The predicted molar refractivity (Wildman–Crippen MR) is 99.5 cm³/mol. The molecule has 2 aromatic rings. The normalized spacial score (nSPS) is 22.4. The zero-order valence-electron chi connectivity index (χ0n) is 14.0. The Bertz CT molecular complexity index is 801. The molecule has 0 bridgehead atoms. The van der Waals surface area contributed by atoms with Crippen molar-refractivity contribution >= 4 is 34.8 Å². The van der Waals surface area contributed by atoms with E-state index < -0.39 is 34.1 Å². The minimum absolute atomic E-state index is 0.0346. The predicted octanol–water partition coefficient (Wildman–Crippen LogP) is 3.67. The van der Waals surface area contributed by atoms with Gasteiger partial charge in [0.15, 0.2) is 11.1 Å². The van der Waals surface area contributed by atoms with Crippen LogP contribution in [0.25, 0.3) is 0 Å². The summed E-state index contributed by atoms with van der Waals surface area (Å²) in [6, 6.07) is 14.7. The fraction of sp³-hybridized carbons (Fsp3) is 0.278. The van der Waals surface area contributed by atoms with E-state index in [-0.39, 0.29) is 12.3 Å². The number of alkyl halides is 2. The van der Waals surface area contributed by atoms with Gasteiger partial charge < -0.3 is 14.8 Å². The maximum Gasteiger partial charge on any atom is 0.269 e. The Labute approximate surface area is 165 Å². The van der Waals surface area contributed by atoms with Crippen LogP contribution in [-0.4, -0.2) is 28.3 Å². The van der Waals surface area contributed by atoms with Crippen molar-refractivity contribution in [2.45, 2.75) is 23.3 Å². The number of nitrogens with one attached hydrogen (secondary N) is 1. The third-order valence-electron chi connectivity index (χ3n) is 4.09. The number of non-ortho nitro benzene ring substituents is 1. The lowest BCUT2D eigenvalue weighted by Gasteiger charge is -2.37. The number of nitro benzene ring substituents is 1. The number of carbonyl (C=O) groups excluding carboxylic acids is 1. The van der Waals surface area contributed by atoms with Crippen LogP contribution in [0.1, 0.15) is 23.5 Å². The molecule has 7 nitrogen and oxygen atoms in total. The highest BCUT2D eigenvalue weighted by atomic mass is 35.5. The molecule has 27 heavy (non-hydrogen) atoms. The summed E-state index contributed by atoms with van der Waals surface area (Å²) in [6.07, 6.45) is -1.23. The summed E-state index contributed by atoms with van der Waals surface area (Å²) in [5.41, 5.74) is 1.45. The maximum atomic E-state index is 11.9. The minimum Gasteiger partial charge on any atom is -0.346 e. The standard InChI is InChI=1S/C18H16Cl2N2O5/c19-16(20)17(23)21-14-10-26-18(12-4-2-1-3-5-12)27-15(14)11-6-8-13(9-7-11)22(24)25/h1-9,14-16,18H,10H2,(H,21,23)/t14-,15?,18+/m0/s1. The highest BCUT2D eigenvalue weighted by molar-refractivity contribution is 6.53. The van der Waals surface area contributed by atoms with Gasteiger partial charge in [0.25, 0.3) is 11.6 Å². The van der Waals surface area contributed by atoms with Gasteiger partial charge in [0.2, 0.25) is 0 Å². The zero-order valence-corrected chi connectivity index (χ0v) is 15.5. The molecule has 1 unspecified atom stereocenters. The van der Waals surface area contributed by atoms with Crippen LogP contribution in [0.4, 0.5) is 5.69 Å². The van der Waals surface area contributed by atoms with Crippen LogP contribution in [0, 0.1) is 10.1 Å². The maximum absolute atomic E-state index is 11.9. The molecule has 142 valence electrons. The molecule has 0 aliphatic carbocycles. The van der Waals surface area contributed by atoms with Crippen molar-refractivity contribution in [1.82, 2.24) is 5.32 Å². The van der Waals surface area contributed by atoms with Gasteiger partial charge in [0, 0.05) is 17.7 Å². The molecule has 1 fully saturated rings. The van der Waals surface area contributed by atoms with Gasteiger partial charge in [-0.3, -0.25) is 14.9 Å². The Morgan fingerprint density at radius 1 is 1.11 bits per heavy atom. The number of rotatable bonds is 5. The van der Waals surface area contributed by atoms with Gasteiger partial charge in [0.05, 0.1) is 17.6 Å². The van der Waals surface area contributed by atoms with E-state index in [1.165, 1.54) is 12.1 Å². The summed E-state index contributed by atoms with van der Waals surface area (Å²) in [4.78, 5) is 21.1. The average Bonchev–Trinajstić information content (AvgIpc) is 2.69. The average molecular weight is 411 g/mol. The molecule has 3 atom stereocenters. The molecule has 1 aliphatic rings. The second kappa shape index (κ2) is 8.67. The number of nitrogens with zero attached hydrogens (tertiary/aromatic N) is 1. The smallest absolute Gasteiger partial charge is 0.269 e. The molecule has 2 aromatic carbocycles. The van der Waals surface area contributed by atoms with Gasteiger partial charge in [-0.25, -0.2) is 0 Å². The highest BCUT2D eigenvalue weighted by Crippen LogP contribution is 2.35. The third-order valence-corrected chi connectivity index (χ3v) is 4.49. The second-order valence-corrected chi connectivity index (χ2v) is 6.99. The van der Waals surface area contributed by atoms with Crippen molar-refractivity contribution < 1.29 is 19.2 Å². The number of carbonyl (C=O) groups is 1. The Hall–Kier alpha value is -2.19. The number of benzene rings is 2. The van der Waals surface area contributed by atoms with Crippen molar-refractivity contribution in [3.05, 3.63) is 75.8 Å². The molecule has 1 heterocycles. The number of hydrogen-bond donors (Lipinski definition) is 1. The zero-order chi connectivity index (χ0) is 19.4. The van der Waals surface area contributed by atoms with E-state index in [4.69, 9.17) is 32.7 Å². The first-order valence-electron chi connectivity index (χ1n) is 8.10. The van der Waals surface area contributed by atoms with Crippen LogP contribution in [0.3, 0.4) is 0 Å². The van der Waals surface area contributed by atoms with Crippen molar-refractivity contribution in [2.24, 2.45) is 0 Å². The molecule has 0 spiro atoms. The molecule has 1 aliphatic heterocycles. The Kier molecular flexibility index (Phi) is 6.28. The Morgan fingerprint density at radius 2 is 1.78 bits per heavy atom. The fourth-order valence-electron chi connectivity index (χ4n) is 2.79. The quantitative estimate of drug-likeness (QED) is 0.461. The molecule has 1 amide bonds. The van der Waals surface area contributed by atoms with Gasteiger partial charge in [-0.15, -0.1) is 0 Å². The van der Waals surface area contributed by atoms with Crippen molar-refractivity contribution in [2.75, 3.05) is 6.61 Å². The largest absolute Gasteiger partial charge is 0.346 e. The molecule has 0 radical (unpaired) electrons. The van der Waals surface area contributed by atoms with Gasteiger partial charge in [-0.1, -0.05) is 53.5 Å². The molecular weight excluding hydrogens is 395 g/mol. The van der Waals surface area contributed by atoms with Gasteiger partial charge >= 0.3 is 0 Å². The second-order valence-electron chi connectivity index (χ2n) is 5.90. The Balaban J connectivity index is 1.86. The molecule has 0 saturated carbocycles. The SMILES string of the molecule is O=C(N[C@H]1CO[C@@H](c2ccccc2)OC1c1ccc([N+](=O)[O-])cc1)C(Cl)Cl. The van der Waals surface area contributed by atoms with E-state index >= 15 is 0 Å². The lowest BCUT2D eigenvalue weighted by Crippen LogP contribution is -2.48. The van der Waals surface area contributed by atoms with Crippen LogP contribution < -0.4 is 5.32 Å². The van der Waals surface area contributed by atoms with Gasteiger partial charge in [-0.2, -0.15) is 0 Å². The molecule has 0 aromatic heterocycles. The summed E-state index contributed by atoms with van der Waals surface area (Å²) >= 11 is 11.2. The van der Waals surface area contributed by atoms with E-state index in [2.05, 4.69) is 5.32 Å². The van der Waals surface area contributed by atoms with Gasteiger partial charge in [-0.05, 0) is 17.7 Å². The first-order chi connectivity index (χ1) is 13.0. The fourth-order valence-corrected chi connectivity index (χ4v) is 2.92. The lowest BCUT2D eigenvalue weighted by atomic mass is 10.0. The van der Waals surface area contributed by atoms with Gasteiger partial charge in [0.1, 0.15) is 6.10 Å². The summed E-state index contributed by atoms with van der Waals surface area (Å²) in [6.45, 7) is 0.160. The Morgan fingerprint density at radius 3 is 2.37 bits per heavy atom. The lowest BCUT2D eigenvalue weighted by molar-refractivity contribution is -0.384. The van der Waals surface area contributed by atoms with E-state index in [9.17, 15) is 14.9 Å². The van der Waals surface area contributed by atoms with Crippen LogP contribution >= 0.6 is 23.2 Å². The summed E-state index contributed by atoms with van der Waals surface area (Å²) in [5.74, 6) is -0.569. The molecule has 1 saturated heterocycles.